The summed E-state index contributed by atoms with van der Waals surface area (Å²) in [7, 11) is 1.46. The van der Waals surface area contributed by atoms with Gasteiger partial charge in [0.15, 0.2) is 28.8 Å². The Morgan fingerprint density at radius 1 is 0.978 bits per heavy atom. The molecule has 0 fully saturated rings. The molecule has 0 bridgehead atoms. The first kappa shape index (κ1) is 31.6. The lowest BCUT2D eigenvalue weighted by molar-refractivity contribution is -0.129. The van der Waals surface area contributed by atoms with E-state index in [1.165, 1.54) is 30.1 Å². The van der Waals surface area contributed by atoms with Crippen LogP contribution in [0.15, 0.2) is 77.9 Å². The number of nitrogens with one attached hydrogen (secondary N) is 2. The van der Waals surface area contributed by atoms with Crippen molar-refractivity contribution in [2.75, 3.05) is 19.0 Å². The fourth-order valence-electron chi connectivity index (χ4n) is 4.63. The molecule has 0 atom stereocenters. The molecule has 12 nitrogen and oxygen atoms in total. The first-order chi connectivity index (χ1) is 22.2. The number of amides is 2. The van der Waals surface area contributed by atoms with Crippen molar-refractivity contribution in [2.24, 2.45) is 0 Å². The van der Waals surface area contributed by atoms with Crippen molar-refractivity contribution in [1.29, 1.82) is 0 Å². The minimum atomic E-state index is -0.786. The summed E-state index contributed by atoms with van der Waals surface area (Å²) < 4.78 is 33.8. The van der Waals surface area contributed by atoms with Crippen LogP contribution in [0.3, 0.4) is 0 Å². The second-order valence-electron chi connectivity index (χ2n) is 10.2. The number of ether oxygens (including phenoxy) is 3. The van der Waals surface area contributed by atoms with E-state index >= 15 is 4.39 Å². The molecule has 0 aliphatic rings. The van der Waals surface area contributed by atoms with E-state index in [1.54, 1.807) is 36.8 Å². The predicted octanol–water partition coefficient (Wildman–Crippen LogP) is 5.25. The first-order valence-electron chi connectivity index (χ1n) is 14.2. The van der Waals surface area contributed by atoms with E-state index in [-0.39, 0.29) is 35.9 Å². The molecule has 0 radical (unpaired) electrons. The van der Waals surface area contributed by atoms with Gasteiger partial charge in [-0.1, -0.05) is 18.2 Å². The minimum Gasteiger partial charge on any atom is -0.493 e. The molecule has 0 saturated heterocycles. The predicted molar refractivity (Wildman–Crippen MR) is 167 cm³/mol. The van der Waals surface area contributed by atoms with Crippen LogP contribution in [0.4, 0.5) is 10.1 Å². The van der Waals surface area contributed by atoms with Gasteiger partial charge in [-0.15, -0.1) is 0 Å². The Morgan fingerprint density at radius 3 is 2.52 bits per heavy atom. The SMILES string of the molecule is COc1cc2c(Oc3ccc(NC(=O)c4nn(-c5ccccc5C)cc(C)c4=O)cc3F)ccnc2cc1OCCCC(=O)NO. The third-order valence-electron chi connectivity index (χ3n) is 7.00. The van der Waals surface area contributed by atoms with Gasteiger partial charge in [0, 0.05) is 47.6 Å². The number of benzene rings is 3. The van der Waals surface area contributed by atoms with Crippen LogP contribution in [0.25, 0.3) is 16.6 Å². The van der Waals surface area contributed by atoms with Gasteiger partial charge in [0.2, 0.25) is 11.3 Å². The van der Waals surface area contributed by atoms with E-state index in [0.29, 0.717) is 40.1 Å². The lowest BCUT2D eigenvalue weighted by atomic mass is 10.1. The average Bonchev–Trinajstić information content (AvgIpc) is 3.05. The molecule has 2 heterocycles. The van der Waals surface area contributed by atoms with Crippen molar-refractivity contribution in [2.45, 2.75) is 26.7 Å². The fraction of sp³-hybridized carbons (Fsp3) is 0.182. The van der Waals surface area contributed by atoms with Crippen LogP contribution in [-0.4, -0.2) is 45.5 Å². The van der Waals surface area contributed by atoms with Crippen molar-refractivity contribution in [3.8, 4) is 28.7 Å². The Kier molecular flexibility index (Phi) is 9.53. The Morgan fingerprint density at radius 2 is 1.78 bits per heavy atom. The van der Waals surface area contributed by atoms with Gasteiger partial charge in [0.05, 0.1) is 24.9 Å². The lowest BCUT2D eigenvalue weighted by Crippen LogP contribution is -2.27. The monoisotopic (exact) mass is 627 g/mol. The van der Waals surface area contributed by atoms with Gasteiger partial charge in [-0.2, -0.15) is 5.10 Å². The number of hydroxylamine groups is 1. The summed E-state index contributed by atoms with van der Waals surface area (Å²) in [4.78, 5) is 41.5. The number of aryl methyl sites for hydroxylation is 2. The summed E-state index contributed by atoms with van der Waals surface area (Å²) in [6.07, 6.45) is 3.48. The molecule has 0 unspecified atom stereocenters. The van der Waals surface area contributed by atoms with Gasteiger partial charge in [0.1, 0.15) is 5.75 Å². The van der Waals surface area contributed by atoms with Crippen LogP contribution in [0, 0.1) is 19.7 Å². The van der Waals surface area contributed by atoms with Crippen LogP contribution in [0.1, 0.15) is 34.5 Å². The summed E-state index contributed by atoms with van der Waals surface area (Å²) in [5.41, 5.74) is 3.21. The van der Waals surface area contributed by atoms with E-state index in [0.717, 1.165) is 11.6 Å². The highest BCUT2D eigenvalue weighted by atomic mass is 19.1. The minimum absolute atomic E-state index is 0.0765. The first-order valence-corrected chi connectivity index (χ1v) is 14.2. The largest absolute Gasteiger partial charge is 0.493 e. The van der Waals surface area contributed by atoms with Gasteiger partial charge in [-0.3, -0.25) is 24.6 Å². The van der Waals surface area contributed by atoms with Crippen LogP contribution < -0.4 is 30.4 Å². The molecular weight excluding hydrogens is 597 g/mol. The molecule has 0 saturated carbocycles. The molecule has 0 spiro atoms. The highest BCUT2D eigenvalue weighted by Gasteiger charge is 2.19. The molecule has 0 aliphatic heterocycles. The van der Waals surface area contributed by atoms with Gasteiger partial charge in [-0.25, -0.2) is 14.6 Å². The highest BCUT2D eigenvalue weighted by molar-refractivity contribution is 6.02. The van der Waals surface area contributed by atoms with E-state index < -0.39 is 23.1 Å². The molecular formula is C33H30FN5O7. The van der Waals surface area contributed by atoms with E-state index in [4.69, 9.17) is 19.4 Å². The number of para-hydroxylation sites is 1. The third kappa shape index (κ3) is 6.94. The van der Waals surface area contributed by atoms with Crippen molar-refractivity contribution in [1.82, 2.24) is 20.2 Å². The van der Waals surface area contributed by atoms with Crippen LogP contribution in [0.5, 0.6) is 23.0 Å². The summed E-state index contributed by atoms with van der Waals surface area (Å²) in [5, 5.41) is 15.9. The molecule has 2 amide bonds. The number of carbonyl (C=O) groups is 2. The second-order valence-corrected chi connectivity index (χ2v) is 10.2. The topological polar surface area (TPSA) is 154 Å². The van der Waals surface area contributed by atoms with E-state index in [2.05, 4.69) is 15.4 Å². The number of halogens is 1. The number of nitrogens with zero attached hydrogens (tertiary/aromatic N) is 3. The second kappa shape index (κ2) is 13.9. The number of methoxy groups -OCH3 is 1. The number of hydrogen-bond donors (Lipinski definition) is 3. The van der Waals surface area contributed by atoms with E-state index in [9.17, 15) is 14.4 Å². The number of anilines is 1. The zero-order chi connectivity index (χ0) is 32.8. The van der Waals surface area contributed by atoms with Gasteiger partial charge in [-0.05, 0) is 56.2 Å². The Labute approximate surface area is 262 Å². The molecule has 13 heteroatoms. The van der Waals surface area contributed by atoms with Crippen molar-refractivity contribution in [3.63, 3.8) is 0 Å². The maximum Gasteiger partial charge on any atom is 0.280 e. The van der Waals surface area contributed by atoms with Crippen LogP contribution >= 0.6 is 0 Å². The zero-order valence-electron chi connectivity index (χ0n) is 25.2. The van der Waals surface area contributed by atoms with Crippen molar-refractivity contribution >= 4 is 28.4 Å². The van der Waals surface area contributed by atoms with Crippen molar-refractivity contribution < 1.29 is 33.4 Å². The normalized spacial score (nSPS) is 10.8. The lowest BCUT2D eigenvalue weighted by Gasteiger charge is -2.14. The number of fused-ring (bicyclic) bond motifs is 1. The van der Waals surface area contributed by atoms with Crippen molar-refractivity contribution in [3.05, 3.63) is 106 Å². The number of aromatic nitrogens is 3. The third-order valence-corrected chi connectivity index (χ3v) is 7.00. The van der Waals surface area contributed by atoms with Crippen LogP contribution in [-0.2, 0) is 4.79 Å². The van der Waals surface area contributed by atoms with Gasteiger partial charge < -0.3 is 19.5 Å². The average molecular weight is 628 g/mol. The summed E-state index contributed by atoms with van der Waals surface area (Å²) in [6.45, 7) is 3.67. The van der Waals surface area contributed by atoms with E-state index in [1.807, 2.05) is 31.2 Å². The fourth-order valence-corrected chi connectivity index (χ4v) is 4.63. The number of pyridine rings is 1. The molecule has 236 valence electrons. The molecule has 2 aromatic heterocycles. The molecule has 3 aromatic carbocycles. The van der Waals surface area contributed by atoms with Gasteiger partial charge >= 0.3 is 0 Å². The maximum atomic E-state index is 15.3. The van der Waals surface area contributed by atoms with Crippen LogP contribution in [0.2, 0.25) is 0 Å². The zero-order valence-corrected chi connectivity index (χ0v) is 25.2. The Balaban J connectivity index is 1.34. The molecule has 46 heavy (non-hydrogen) atoms. The number of rotatable bonds is 11. The summed E-state index contributed by atoms with van der Waals surface area (Å²) >= 11 is 0. The molecule has 5 aromatic rings. The smallest absolute Gasteiger partial charge is 0.280 e. The number of hydrogen-bond acceptors (Lipinski definition) is 9. The number of carbonyl (C=O) groups excluding carboxylic acids is 2. The molecule has 5 rings (SSSR count). The molecule has 0 aliphatic carbocycles. The van der Waals surface area contributed by atoms with Gasteiger partial charge in [0.25, 0.3) is 5.91 Å². The Hall–Kier alpha value is -5.82. The quantitative estimate of drug-likeness (QED) is 0.101. The highest BCUT2D eigenvalue weighted by Crippen LogP contribution is 2.38. The standard InChI is InChI=1S/C33H30FN5O7/c1-19-7-4-5-8-25(19)39-18-20(2)32(41)31(37-39)33(42)36-21-10-11-27(23(34)15-21)46-26-12-13-35-24-17-29(28(44-3)16-22(24)26)45-14-6-9-30(40)38-43/h4-5,7-8,10-13,15-18,43H,6,9,14H2,1-3H3,(H,36,42)(H,38,40). The summed E-state index contributed by atoms with van der Waals surface area (Å²) in [5.74, 6) is -1.17. The Bertz CT molecular complexity index is 2000. The summed E-state index contributed by atoms with van der Waals surface area (Å²) in [6, 6.07) is 16.1. The maximum absolute atomic E-state index is 15.3. The molecule has 3 N–H and O–H groups in total.